The van der Waals surface area contributed by atoms with Crippen LogP contribution in [0.15, 0.2) is 48.5 Å². The Morgan fingerprint density at radius 3 is 2.67 bits per heavy atom. The van der Waals surface area contributed by atoms with Crippen molar-refractivity contribution in [3.8, 4) is 5.75 Å². The average molecular weight is 241 g/mol. The standard InChI is InChI=1S/C15H15NO2/c17-10-13-6-4-5-12-9-16(11-18-15(12)13)14-7-2-1-3-8-14/h1-8,17H,9-11H2. The molecular formula is C15H15NO2. The summed E-state index contributed by atoms with van der Waals surface area (Å²) in [7, 11) is 0. The lowest BCUT2D eigenvalue weighted by atomic mass is 10.1. The van der Waals surface area contributed by atoms with Crippen LogP contribution in [0.3, 0.4) is 0 Å². The van der Waals surface area contributed by atoms with E-state index in [0.29, 0.717) is 6.73 Å². The van der Waals surface area contributed by atoms with Gasteiger partial charge in [-0.3, -0.25) is 0 Å². The molecule has 0 aliphatic carbocycles. The zero-order valence-corrected chi connectivity index (χ0v) is 10.0. The Balaban J connectivity index is 1.90. The second-order valence-corrected chi connectivity index (χ2v) is 4.37. The van der Waals surface area contributed by atoms with E-state index in [1.54, 1.807) is 0 Å². The summed E-state index contributed by atoms with van der Waals surface area (Å²) in [5.41, 5.74) is 3.13. The lowest BCUT2D eigenvalue weighted by molar-refractivity contribution is 0.252. The fourth-order valence-corrected chi connectivity index (χ4v) is 2.27. The van der Waals surface area contributed by atoms with Crippen LogP contribution < -0.4 is 9.64 Å². The molecule has 1 aliphatic rings. The monoisotopic (exact) mass is 241 g/mol. The van der Waals surface area contributed by atoms with Crippen molar-refractivity contribution in [1.29, 1.82) is 0 Å². The molecule has 92 valence electrons. The molecule has 0 fully saturated rings. The summed E-state index contributed by atoms with van der Waals surface area (Å²) in [5.74, 6) is 0.840. The molecule has 0 saturated heterocycles. The molecular weight excluding hydrogens is 226 g/mol. The van der Waals surface area contributed by atoms with E-state index < -0.39 is 0 Å². The molecule has 18 heavy (non-hydrogen) atoms. The molecule has 3 heteroatoms. The number of hydrogen-bond acceptors (Lipinski definition) is 3. The largest absolute Gasteiger partial charge is 0.472 e. The van der Waals surface area contributed by atoms with Gasteiger partial charge in [0, 0.05) is 23.4 Å². The van der Waals surface area contributed by atoms with Gasteiger partial charge in [-0.25, -0.2) is 0 Å². The van der Waals surface area contributed by atoms with E-state index in [4.69, 9.17) is 4.74 Å². The number of anilines is 1. The SMILES string of the molecule is OCc1cccc2c1OCN(c1ccccc1)C2. The van der Waals surface area contributed by atoms with Gasteiger partial charge >= 0.3 is 0 Å². The van der Waals surface area contributed by atoms with Gasteiger partial charge in [-0.1, -0.05) is 36.4 Å². The maximum Gasteiger partial charge on any atom is 0.161 e. The normalized spacial score (nSPS) is 13.9. The highest BCUT2D eigenvalue weighted by Gasteiger charge is 2.19. The van der Waals surface area contributed by atoms with Crippen LogP contribution in [0.5, 0.6) is 5.75 Å². The first-order valence-electron chi connectivity index (χ1n) is 6.03. The molecule has 2 aromatic carbocycles. The van der Waals surface area contributed by atoms with Gasteiger partial charge in [-0.15, -0.1) is 0 Å². The first-order valence-corrected chi connectivity index (χ1v) is 6.03. The third-order valence-corrected chi connectivity index (χ3v) is 3.20. The Bertz CT molecular complexity index is 539. The van der Waals surface area contributed by atoms with Gasteiger partial charge in [0.2, 0.25) is 0 Å². The number of ether oxygens (including phenoxy) is 1. The minimum absolute atomic E-state index is 0.0223. The van der Waals surface area contributed by atoms with Crippen molar-refractivity contribution in [3.05, 3.63) is 59.7 Å². The number of rotatable bonds is 2. The zero-order valence-electron chi connectivity index (χ0n) is 10.0. The van der Waals surface area contributed by atoms with Gasteiger partial charge in [0.1, 0.15) is 5.75 Å². The van der Waals surface area contributed by atoms with Crippen LogP contribution >= 0.6 is 0 Å². The maximum absolute atomic E-state index is 9.28. The van der Waals surface area contributed by atoms with Gasteiger partial charge in [0.25, 0.3) is 0 Å². The zero-order chi connectivity index (χ0) is 12.4. The van der Waals surface area contributed by atoms with Crippen molar-refractivity contribution in [2.24, 2.45) is 0 Å². The minimum Gasteiger partial charge on any atom is -0.472 e. The molecule has 0 saturated carbocycles. The van der Waals surface area contributed by atoms with Crippen LogP contribution in [0.1, 0.15) is 11.1 Å². The van der Waals surface area contributed by atoms with Crippen molar-refractivity contribution in [3.63, 3.8) is 0 Å². The summed E-state index contributed by atoms with van der Waals surface area (Å²) < 4.78 is 5.78. The summed E-state index contributed by atoms with van der Waals surface area (Å²) >= 11 is 0. The number of benzene rings is 2. The van der Waals surface area contributed by atoms with Crippen LogP contribution in [-0.4, -0.2) is 11.8 Å². The quantitative estimate of drug-likeness (QED) is 0.877. The van der Waals surface area contributed by atoms with Crippen LogP contribution in [-0.2, 0) is 13.2 Å². The topological polar surface area (TPSA) is 32.7 Å². The minimum atomic E-state index is 0.0223. The van der Waals surface area contributed by atoms with Crippen molar-refractivity contribution in [1.82, 2.24) is 0 Å². The van der Waals surface area contributed by atoms with E-state index in [1.165, 1.54) is 0 Å². The summed E-state index contributed by atoms with van der Waals surface area (Å²) in [5, 5.41) is 9.28. The van der Waals surface area contributed by atoms with Crippen molar-refractivity contribution in [2.45, 2.75) is 13.2 Å². The number of aliphatic hydroxyl groups excluding tert-OH is 1. The molecule has 3 rings (SSSR count). The molecule has 0 atom stereocenters. The molecule has 2 aromatic rings. The van der Waals surface area contributed by atoms with Gasteiger partial charge < -0.3 is 14.7 Å². The Morgan fingerprint density at radius 1 is 1.06 bits per heavy atom. The molecule has 0 unspecified atom stereocenters. The molecule has 3 nitrogen and oxygen atoms in total. The van der Waals surface area contributed by atoms with Gasteiger partial charge in [0.05, 0.1) is 6.61 Å². The molecule has 0 aromatic heterocycles. The highest BCUT2D eigenvalue weighted by atomic mass is 16.5. The summed E-state index contributed by atoms with van der Waals surface area (Å²) in [6.45, 7) is 1.36. The smallest absolute Gasteiger partial charge is 0.161 e. The summed E-state index contributed by atoms with van der Waals surface area (Å²) in [6.07, 6.45) is 0. The lowest BCUT2D eigenvalue weighted by Gasteiger charge is -2.31. The van der Waals surface area contributed by atoms with Crippen LogP contribution in [0, 0.1) is 0 Å². The van der Waals surface area contributed by atoms with Crippen molar-refractivity contribution >= 4 is 5.69 Å². The third-order valence-electron chi connectivity index (χ3n) is 3.20. The van der Waals surface area contributed by atoms with Crippen LogP contribution in [0.4, 0.5) is 5.69 Å². The summed E-state index contributed by atoms with van der Waals surface area (Å²) in [4.78, 5) is 2.17. The number of nitrogens with zero attached hydrogens (tertiary/aromatic N) is 1. The molecule has 0 radical (unpaired) electrons. The molecule has 1 N–H and O–H groups in total. The predicted molar refractivity (Wildman–Crippen MR) is 70.5 cm³/mol. The number of fused-ring (bicyclic) bond motifs is 1. The van der Waals surface area contributed by atoms with E-state index in [9.17, 15) is 5.11 Å². The second-order valence-electron chi connectivity index (χ2n) is 4.37. The highest BCUT2D eigenvalue weighted by Crippen LogP contribution is 2.31. The lowest BCUT2D eigenvalue weighted by Crippen LogP contribution is -2.32. The Kier molecular flexibility index (Phi) is 2.90. The Morgan fingerprint density at radius 2 is 1.89 bits per heavy atom. The van der Waals surface area contributed by atoms with E-state index in [-0.39, 0.29) is 6.61 Å². The van der Waals surface area contributed by atoms with E-state index in [1.807, 2.05) is 36.4 Å². The first kappa shape index (κ1) is 11.1. The van der Waals surface area contributed by atoms with Crippen molar-refractivity contribution < 1.29 is 9.84 Å². The second kappa shape index (κ2) is 4.70. The van der Waals surface area contributed by atoms with Gasteiger partial charge in [0.15, 0.2) is 6.73 Å². The van der Waals surface area contributed by atoms with E-state index >= 15 is 0 Å². The third kappa shape index (κ3) is 1.93. The number of hydrogen-bond donors (Lipinski definition) is 1. The predicted octanol–water partition coefficient (Wildman–Crippen LogP) is 2.54. The number of aliphatic hydroxyl groups is 1. The van der Waals surface area contributed by atoms with Crippen LogP contribution in [0.2, 0.25) is 0 Å². The Labute approximate surface area is 106 Å². The van der Waals surface area contributed by atoms with Gasteiger partial charge in [-0.2, -0.15) is 0 Å². The Hall–Kier alpha value is -2.00. The first-order chi connectivity index (χ1) is 8.88. The average Bonchev–Trinajstić information content (AvgIpc) is 2.47. The van der Waals surface area contributed by atoms with Gasteiger partial charge in [-0.05, 0) is 12.1 Å². The summed E-state index contributed by atoms with van der Waals surface area (Å²) in [6, 6.07) is 16.1. The van der Waals surface area contributed by atoms with E-state index in [0.717, 1.165) is 29.1 Å². The fraction of sp³-hybridized carbons (Fsp3) is 0.200. The molecule has 1 heterocycles. The van der Waals surface area contributed by atoms with Crippen molar-refractivity contribution in [2.75, 3.05) is 11.6 Å². The molecule has 0 amide bonds. The van der Waals surface area contributed by atoms with Crippen LogP contribution in [0.25, 0.3) is 0 Å². The number of para-hydroxylation sites is 2. The maximum atomic E-state index is 9.28. The van der Waals surface area contributed by atoms with E-state index in [2.05, 4.69) is 17.0 Å². The fourth-order valence-electron chi connectivity index (χ4n) is 2.27. The molecule has 1 aliphatic heterocycles. The molecule has 0 bridgehead atoms. The highest BCUT2D eigenvalue weighted by molar-refractivity contribution is 5.51. The molecule has 0 spiro atoms.